The van der Waals surface area contributed by atoms with Gasteiger partial charge in [-0.15, -0.1) is 5.10 Å². The van der Waals surface area contributed by atoms with Crippen molar-refractivity contribution >= 4 is 5.65 Å². The molecule has 0 aromatic carbocycles. The molecule has 6 rings (SSSR count). The molecule has 36 heavy (non-hydrogen) atoms. The highest BCUT2D eigenvalue weighted by atomic mass is 19.1. The van der Waals surface area contributed by atoms with Gasteiger partial charge >= 0.3 is 0 Å². The lowest BCUT2D eigenvalue weighted by Crippen LogP contribution is -2.39. The fourth-order valence-electron chi connectivity index (χ4n) is 5.57. The smallest absolute Gasteiger partial charge is 0.201 e. The lowest BCUT2D eigenvalue weighted by atomic mass is 9.99. The molecule has 2 aliphatic heterocycles. The van der Waals surface area contributed by atoms with Gasteiger partial charge in [0.05, 0.1) is 29.8 Å². The third-order valence-corrected chi connectivity index (χ3v) is 7.29. The summed E-state index contributed by atoms with van der Waals surface area (Å²) in [5.41, 5.74) is 4.77. The summed E-state index contributed by atoms with van der Waals surface area (Å²) in [5.74, 6) is 6.20. The van der Waals surface area contributed by atoms with E-state index in [9.17, 15) is 4.39 Å². The maximum atomic E-state index is 13.4. The Morgan fingerprint density at radius 2 is 1.94 bits per heavy atom. The van der Waals surface area contributed by atoms with E-state index in [1.807, 2.05) is 23.5 Å². The van der Waals surface area contributed by atoms with E-state index in [2.05, 4.69) is 49.0 Å². The van der Waals surface area contributed by atoms with Crippen molar-refractivity contribution in [3.8, 4) is 29.0 Å². The molecule has 4 aromatic rings. The van der Waals surface area contributed by atoms with Crippen molar-refractivity contribution in [2.24, 2.45) is 0 Å². The second-order valence-corrected chi connectivity index (χ2v) is 9.69. The minimum Gasteiger partial charge on any atom is -0.469 e. The number of fused-ring (bicyclic) bond motifs is 3. The first kappa shape index (κ1) is 22.7. The molecular formula is C27H28FN7O. The number of ether oxygens (including phenoxy) is 1. The van der Waals surface area contributed by atoms with Gasteiger partial charge in [0.2, 0.25) is 5.88 Å². The quantitative estimate of drug-likeness (QED) is 0.422. The second kappa shape index (κ2) is 9.03. The molecule has 6 heterocycles. The molecule has 2 aliphatic rings. The van der Waals surface area contributed by atoms with E-state index in [-0.39, 0.29) is 5.82 Å². The maximum Gasteiger partial charge on any atom is 0.201 e. The summed E-state index contributed by atoms with van der Waals surface area (Å²) < 4.78 is 23.7. The van der Waals surface area contributed by atoms with Crippen LogP contribution >= 0.6 is 0 Å². The average molecular weight is 486 g/mol. The molecule has 2 fully saturated rings. The van der Waals surface area contributed by atoms with Crippen LogP contribution < -0.4 is 10.1 Å². The standard InChI is InChI=1S/C27H28FN7O/c1-4-5-22-15-30-25-10-18(11-26(34(22)25)36-17(3)24-9-6-19(28)14-29-24)27-16(2)35(33-32-27)23-12-20-7-8-21(13-23)31-20/h6,9-11,14-15,17,20-21,23,31H,7-8,12-13H2,1-3H3. The Bertz CT molecular complexity index is 1470. The molecule has 3 unspecified atom stereocenters. The van der Waals surface area contributed by atoms with Crippen LogP contribution in [0.5, 0.6) is 5.88 Å². The van der Waals surface area contributed by atoms with Crippen molar-refractivity contribution in [1.29, 1.82) is 0 Å². The van der Waals surface area contributed by atoms with E-state index >= 15 is 0 Å². The van der Waals surface area contributed by atoms with Crippen LogP contribution in [0.2, 0.25) is 0 Å². The van der Waals surface area contributed by atoms with E-state index in [1.165, 1.54) is 25.1 Å². The summed E-state index contributed by atoms with van der Waals surface area (Å²) >= 11 is 0. The number of halogens is 1. The molecule has 1 N–H and O–H groups in total. The average Bonchev–Trinajstić information content (AvgIpc) is 3.56. The van der Waals surface area contributed by atoms with Crippen molar-refractivity contribution in [1.82, 2.24) is 34.7 Å². The van der Waals surface area contributed by atoms with Crippen molar-refractivity contribution in [3.05, 3.63) is 59.6 Å². The third-order valence-electron chi connectivity index (χ3n) is 7.29. The summed E-state index contributed by atoms with van der Waals surface area (Å²) in [6, 6.07) is 8.44. The van der Waals surface area contributed by atoms with Gasteiger partial charge in [0.15, 0.2) is 0 Å². The van der Waals surface area contributed by atoms with Crippen LogP contribution in [0.3, 0.4) is 0 Å². The SMILES string of the molecule is CC#Cc1cnc2cc(-c3nnn(C4CC5CCC(C4)N5)c3C)cc(OC(C)c3ccc(F)cn3)n12. The van der Waals surface area contributed by atoms with E-state index in [0.29, 0.717) is 35.3 Å². The first-order valence-electron chi connectivity index (χ1n) is 12.4. The van der Waals surface area contributed by atoms with E-state index < -0.39 is 6.10 Å². The minimum atomic E-state index is -0.420. The van der Waals surface area contributed by atoms with E-state index in [0.717, 1.165) is 35.5 Å². The summed E-state index contributed by atoms with van der Waals surface area (Å²) in [5, 5.41) is 12.9. The first-order valence-corrected chi connectivity index (χ1v) is 12.4. The van der Waals surface area contributed by atoms with Gasteiger partial charge in [-0.1, -0.05) is 11.1 Å². The molecule has 0 aliphatic carbocycles. The monoisotopic (exact) mass is 485 g/mol. The molecule has 9 heteroatoms. The number of pyridine rings is 2. The van der Waals surface area contributed by atoms with Crippen molar-refractivity contribution < 1.29 is 9.13 Å². The Morgan fingerprint density at radius 1 is 1.14 bits per heavy atom. The number of hydrogen-bond donors (Lipinski definition) is 1. The van der Waals surface area contributed by atoms with Gasteiger partial charge < -0.3 is 10.1 Å². The normalized spacial score (nSPS) is 21.8. The molecule has 8 nitrogen and oxygen atoms in total. The molecule has 3 atom stereocenters. The molecule has 2 bridgehead atoms. The number of rotatable bonds is 5. The van der Waals surface area contributed by atoms with Gasteiger partial charge in [-0.2, -0.15) is 0 Å². The van der Waals surface area contributed by atoms with Gasteiger partial charge in [0, 0.05) is 23.7 Å². The predicted octanol–water partition coefficient (Wildman–Crippen LogP) is 4.40. The summed E-state index contributed by atoms with van der Waals surface area (Å²) in [4.78, 5) is 8.77. The highest BCUT2D eigenvalue weighted by molar-refractivity contribution is 5.68. The van der Waals surface area contributed by atoms with Crippen LogP contribution in [0.15, 0.2) is 36.7 Å². The van der Waals surface area contributed by atoms with Gasteiger partial charge in [-0.05, 0) is 70.6 Å². The molecular weight excluding hydrogens is 457 g/mol. The van der Waals surface area contributed by atoms with Crippen LogP contribution in [-0.2, 0) is 0 Å². The first-order chi connectivity index (χ1) is 17.5. The Hall–Kier alpha value is -3.77. The number of nitrogens with one attached hydrogen (secondary N) is 1. The fraction of sp³-hybridized carbons (Fsp3) is 0.407. The number of hydrogen-bond acceptors (Lipinski definition) is 6. The van der Waals surface area contributed by atoms with E-state index in [4.69, 9.17) is 4.74 Å². The highest BCUT2D eigenvalue weighted by Gasteiger charge is 2.35. The van der Waals surface area contributed by atoms with Crippen molar-refractivity contribution in [3.63, 3.8) is 0 Å². The number of piperidine rings is 1. The topological polar surface area (TPSA) is 82.2 Å². The summed E-state index contributed by atoms with van der Waals surface area (Å²) in [7, 11) is 0. The lowest BCUT2D eigenvalue weighted by molar-refractivity contribution is 0.209. The number of imidazole rings is 1. The molecule has 0 spiro atoms. The molecule has 184 valence electrons. The maximum absolute atomic E-state index is 13.4. The van der Waals surface area contributed by atoms with Gasteiger partial charge in [-0.3, -0.25) is 9.38 Å². The molecule has 2 saturated heterocycles. The zero-order chi connectivity index (χ0) is 24.8. The zero-order valence-electron chi connectivity index (χ0n) is 20.6. The predicted molar refractivity (Wildman–Crippen MR) is 133 cm³/mol. The van der Waals surface area contributed by atoms with Crippen LogP contribution in [0.1, 0.15) is 68.8 Å². The Balaban J connectivity index is 1.39. The number of aromatic nitrogens is 6. The minimum absolute atomic E-state index is 0.354. The van der Waals surface area contributed by atoms with Crippen LogP contribution in [-0.4, -0.2) is 41.4 Å². The van der Waals surface area contributed by atoms with Gasteiger partial charge in [-0.25, -0.2) is 14.1 Å². The van der Waals surface area contributed by atoms with E-state index in [1.54, 1.807) is 19.2 Å². The molecule has 4 aromatic heterocycles. The number of nitrogens with zero attached hydrogens (tertiary/aromatic N) is 6. The van der Waals surface area contributed by atoms with Gasteiger partial charge in [0.1, 0.15) is 29.0 Å². The van der Waals surface area contributed by atoms with Crippen LogP contribution in [0, 0.1) is 24.6 Å². The largest absolute Gasteiger partial charge is 0.469 e. The Morgan fingerprint density at radius 3 is 2.67 bits per heavy atom. The highest BCUT2D eigenvalue weighted by Crippen LogP contribution is 2.36. The zero-order valence-corrected chi connectivity index (χ0v) is 20.6. The van der Waals surface area contributed by atoms with Crippen LogP contribution in [0.4, 0.5) is 4.39 Å². The van der Waals surface area contributed by atoms with Gasteiger partial charge in [0.25, 0.3) is 0 Å². The van der Waals surface area contributed by atoms with Crippen molar-refractivity contribution in [2.75, 3.05) is 0 Å². The Kier molecular flexibility index (Phi) is 5.69. The lowest BCUT2D eigenvalue weighted by Gasteiger charge is -2.29. The Labute approximate surface area is 208 Å². The second-order valence-electron chi connectivity index (χ2n) is 9.69. The van der Waals surface area contributed by atoms with Crippen LogP contribution in [0.25, 0.3) is 16.9 Å². The summed E-state index contributed by atoms with van der Waals surface area (Å²) in [6.07, 6.45) is 7.14. The fourth-order valence-corrected chi connectivity index (χ4v) is 5.57. The third kappa shape index (κ3) is 4.01. The molecule has 0 radical (unpaired) electrons. The molecule has 0 amide bonds. The van der Waals surface area contributed by atoms with Crippen molar-refractivity contribution in [2.45, 2.75) is 70.7 Å². The summed E-state index contributed by atoms with van der Waals surface area (Å²) in [6.45, 7) is 5.75. The molecule has 0 saturated carbocycles.